The van der Waals surface area contributed by atoms with Gasteiger partial charge in [-0.15, -0.1) is 0 Å². The summed E-state index contributed by atoms with van der Waals surface area (Å²) in [5, 5.41) is 3.48. The molecule has 0 aromatic heterocycles. The fourth-order valence-electron chi connectivity index (χ4n) is 4.24. The third kappa shape index (κ3) is 5.99. The lowest BCUT2D eigenvalue weighted by Crippen LogP contribution is -2.47. The Morgan fingerprint density at radius 3 is 2.32 bits per heavy atom. The van der Waals surface area contributed by atoms with Gasteiger partial charge >= 0.3 is 5.97 Å². The van der Waals surface area contributed by atoms with Gasteiger partial charge in [-0.2, -0.15) is 4.31 Å². The van der Waals surface area contributed by atoms with Crippen molar-refractivity contribution >= 4 is 33.5 Å². The van der Waals surface area contributed by atoms with E-state index in [4.69, 9.17) is 16.3 Å². The Morgan fingerprint density at radius 2 is 1.71 bits per heavy atom. The van der Waals surface area contributed by atoms with Gasteiger partial charge in [0.05, 0.1) is 10.8 Å². The van der Waals surface area contributed by atoms with Crippen LogP contribution in [-0.2, 0) is 24.3 Å². The summed E-state index contributed by atoms with van der Waals surface area (Å²) < 4.78 is 32.3. The predicted octanol–water partition coefficient (Wildman–Crippen LogP) is 3.37. The minimum absolute atomic E-state index is 0.128. The van der Waals surface area contributed by atoms with Crippen LogP contribution in [0.15, 0.2) is 29.2 Å². The number of nitrogens with zero attached hydrogens (tertiary/aromatic N) is 1. The average molecular weight is 471 g/mol. The molecule has 1 N–H and O–H groups in total. The van der Waals surface area contributed by atoms with Gasteiger partial charge < -0.3 is 10.1 Å². The number of nitrogens with one attached hydrogen (secondary N) is 1. The van der Waals surface area contributed by atoms with E-state index in [9.17, 15) is 18.0 Å². The molecular weight excluding hydrogens is 440 g/mol. The van der Waals surface area contributed by atoms with E-state index >= 15 is 0 Å². The van der Waals surface area contributed by atoms with Crippen LogP contribution in [0, 0.1) is 11.8 Å². The minimum atomic E-state index is -3.63. The summed E-state index contributed by atoms with van der Waals surface area (Å²) in [6.45, 7) is 4.17. The van der Waals surface area contributed by atoms with Crippen LogP contribution in [-0.4, -0.2) is 49.8 Å². The highest BCUT2D eigenvalue weighted by Crippen LogP contribution is 2.26. The van der Waals surface area contributed by atoms with Crippen molar-refractivity contribution < 1.29 is 22.7 Å². The Morgan fingerprint density at radius 1 is 1.10 bits per heavy atom. The lowest BCUT2D eigenvalue weighted by Gasteiger charge is -2.32. The zero-order chi connectivity index (χ0) is 22.6. The number of piperidine rings is 1. The lowest BCUT2D eigenvalue weighted by atomic mass is 9.86. The molecule has 0 unspecified atom stereocenters. The zero-order valence-electron chi connectivity index (χ0n) is 18.1. The largest absolute Gasteiger partial charge is 0.452 e. The lowest BCUT2D eigenvalue weighted by molar-refractivity contribution is -0.160. The van der Waals surface area contributed by atoms with Crippen LogP contribution >= 0.6 is 11.6 Å². The average Bonchev–Trinajstić information content (AvgIpc) is 2.75. The van der Waals surface area contributed by atoms with Gasteiger partial charge in [0.15, 0.2) is 6.10 Å². The SMILES string of the molecule is C[C@@H](OC(=O)C1CCN(S(=O)(=O)c2ccc(Cl)cc2)CC1)C(=O)N[C@@H]1CCCC[C@@H]1C. The fourth-order valence-corrected chi connectivity index (χ4v) is 5.84. The Hall–Kier alpha value is -1.64. The Kier molecular flexibility index (Phi) is 7.99. The maximum atomic E-state index is 12.8. The molecule has 1 saturated carbocycles. The molecule has 1 aromatic rings. The van der Waals surface area contributed by atoms with E-state index in [1.54, 1.807) is 19.1 Å². The molecule has 3 rings (SSSR count). The van der Waals surface area contributed by atoms with Crippen molar-refractivity contribution in [3.8, 4) is 0 Å². The summed E-state index contributed by atoms with van der Waals surface area (Å²) in [6.07, 6.45) is 4.19. The Balaban J connectivity index is 1.49. The van der Waals surface area contributed by atoms with Gasteiger partial charge in [-0.25, -0.2) is 8.42 Å². The maximum Gasteiger partial charge on any atom is 0.309 e. The Bertz CT molecular complexity index is 882. The molecule has 1 aliphatic heterocycles. The molecule has 3 atom stereocenters. The monoisotopic (exact) mass is 470 g/mol. The number of hydrogen-bond donors (Lipinski definition) is 1. The normalized spacial score (nSPS) is 24.4. The van der Waals surface area contributed by atoms with E-state index in [-0.39, 0.29) is 29.9 Å². The highest BCUT2D eigenvalue weighted by atomic mass is 35.5. The van der Waals surface area contributed by atoms with Gasteiger partial charge in [0.1, 0.15) is 0 Å². The first-order valence-electron chi connectivity index (χ1n) is 10.9. The van der Waals surface area contributed by atoms with Crippen LogP contribution in [0.5, 0.6) is 0 Å². The van der Waals surface area contributed by atoms with Gasteiger partial charge in [0, 0.05) is 24.2 Å². The second kappa shape index (κ2) is 10.3. The quantitative estimate of drug-likeness (QED) is 0.643. The van der Waals surface area contributed by atoms with Crippen molar-refractivity contribution in [2.45, 2.75) is 69.4 Å². The molecule has 0 bridgehead atoms. The number of halogens is 1. The summed E-state index contributed by atoms with van der Waals surface area (Å²) >= 11 is 5.84. The van der Waals surface area contributed by atoms with Crippen LogP contribution in [0.4, 0.5) is 0 Å². The molecule has 1 amide bonds. The van der Waals surface area contributed by atoms with Crippen molar-refractivity contribution in [2.75, 3.05) is 13.1 Å². The highest BCUT2D eigenvalue weighted by molar-refractivity contribution is 7.89. The molecule has 1 aromatic carbocycles. The van der Waals surface area contributed by atoms with Crippen LogP contribution < -0.4 is 5.32 Å². The summed E-state index contributed by atoms with van der Waals surface area (Å²) in [4.78, 5) is 25.2. The molecular formula is C22H31ClN2O5S. The van der Waals surface area contributed by atoms with E-state index in [1.807, 2.05) is 0 Å². The molecule has 1 heterocycles. The molecule has 0 radical (unpaired) electrons. The second-order valence-electron chi connectivity index (χ2n) is 8.59. The van der Waals surface area contributed by atoms with Crippen molar-refractivity contribution in [1.82, 2.24) is 9.62 Å². The number of sulfonamides is 1. The summed E-state index contributed by atoms with van der Waals surface area (Å²) in [5.41, 5.74) is 0. The van der Waals surface area contributed by atoms with Gasteiger partial charge in [-0.05, 0) is 62.8 Å². The van der Waals surface area contributed by atoms with Gasteiger partial charge in [-0.1, -0.05) is 31.4 Å². The summed E-state index contributed by atoms with van der Waals surface area (Å²) in [6, 6.07) is 6.17. The Labute approximate surface area is 189 Å². The van der Waals surface area contributed by atoms with E-state index in [0.717, 1.165) is 19.3 Å². The highest BCUT2D eigenvalue weighted by Gasteiger charge is 2.34. The molecule has 7 nitrogen and oxygen atoms in total. The first-order valence-corrected chi connectivity index (χ1v) is 12.8. The standard InChI is InChI=1S/C22H31ClN2O5S/c1-15-5-3-4-6-20(15)24-21(26)16(2)30-22(27)17-11-13-25(14-12-17)31(28,29)19-9-7-18(23)8-10-19/h7-10,15-17,20H,3-6,11-14H2,1-2H3,(H,24,26)/t15-,16+,20+/m0/s1. The molecule has 9 heteroatoms. The first-order chi connectivity index (χ1) is 14.7. The van der Waals surface area contributed by atoms with E-state index in [2.05, 4.69) is 12.2 Å². The van der Waals surface area contributed by atoms with Gasteiger partial charge in [0.2, 0.25) is 10.0 Å². The number of ether oxygens (including phenoxy) is 1. The fraction of sp³-hybridized carbons (Fsp3) is 0.636. The van der Waals surface area contributed by atoms with Gasteiger partial charge in [-0.3, -0.25) is 9.59 Å². The third-order valence-electron chi connectivity index (χ3n) is 6.34. The van der Waals surface area contributed by atoms with Crippen LogP contribution in [0.25, 0.3) is 0 Å². The maximum absolute atomic E-state index is 12.8. The second-order valence-corrected chi connectivity index (χ2v) is 11.0. The van der Waals surface area contributed by atoms with Crippen LogP contribution in [0.2, 0.25) is 5.02 Å². The number of carbonyl (C=O) groups excluding carboxylic acids is 2. The molecule has 0 spiro atoms. The molecule has 2 aliphatic rings. The third-order valence-corrected chi connectivity index (χ3v) is 8.50. The topological polar surface area (TPSA) is 92.8 Å². The number of esters is 1. The van der Waals surface area contributed by atoms with Crippen LogP contribution in [0.3, 0.4) is 0 Å². The van der Waals surface area contributed by atoms with Crippen molar-refractivity contribution in [2.24, 2.45) is 11.8 Å². The van der Waals surface area contributed by atoms with Crippen molar-refractivity contribution in [1.29, 1.82) is 0 Å². The summed E-state index contributed by atoms with van der Waals surface area (Å²) in [7, 11) is -3.63. The molecule has 31 heavy (non-hydrogen) atoms. The van der Waals surface area contributed by atoms with E-state index in [1.165, 1.54) is 22.9 Å². The van der Waals surface area contributed by atoms with Crippen molar-refractivity contribution in [3.05, 3.63) is 29.3 Å². The number of carbonyl (C=O) groups is 2. The zero-order valence-corrected chi connectivity index (χ0v) is 19.6. The first kappa shape index (κ1) is 24.0. The summed E-state index contributed by atoms with van der Waals surface area (Å²) in [5.74, 6) is -0.703. The van der Waals surface area contributed by atoms with E-state index in [0.29, 0.717) is 23.8 Å². The van der Waals surface area contributed by atoms with Crippen LogP contribution in [0.1, 0.15) is 52.4 Å². The van der Waals surface area contributed by atoms with Gasteiger partial charge in [0.25, 0.3) is 5.91 Å². The minimum Gasteiger partial charge on any atom is -0.452 e. The molecule has 1 aliphatic carbocycles. The number of rotatable bonds is 6. The number of hydrogen-bond acceptors (Lipinski definition) is 5. The number of amides is 1. The smallest absolute Gasteiger partial charge is 0.309 e. The molecule has 172 valence electrons. The number of benzene rings is 1. The van der Waals surface area contributed by atoms with E-state index < -0.39 is 28.0 Å². The molecule has 1 saturated heterocycles. The predicted molar refractivity (Wildman–Crippen MR) is 118 cm³/mol. The van der Waals surface area contributed by atoms with Crippen molar-refractivity contribution in [3.63, 3.8) is 0 Å². The molecule has 2 fully saturated rings.